The summed E-state index contributed by atoms with van der Waals surface area (Å²) < 4.78 is 0. The van der Waals surface area contributed by atoms with Gasteiger partial charge in [-0.1, -0.05) is 70.3 Å². The first-order valence-corrected chi connectivity index (χ1v) is 13.0. The van der Waals surface area contributed by atoms with Gasteiger partial charge in [-0.05, 0) is 42.7 Å². The van der Waals surface area contributed by atoms with Gasteiger partial charge in [-0.2, -0.15) is 0 Å². The molecular formula is C26H43N5O2. The van der Waals surface area contributed by atoms with E-state index in [0.717, 1.165) is 23.8 Å². The Kier molecular flexibility index (Phi) is 10.4. The molecule has 4 rings (SSSR count). The summed E-state index contributed by atoms with van der Waals surface area (Å²) in [6.07, 6.45) is 20.0. The van der Waals surface area contributed by atoms with Crippen LogP contribution >= 0.6 is 0 Å². The Morgan fingerprint density at radius 2 is 1.58 bits per heavy atom. The second-order valence-electron chi connectivity index (χ2n) is 10.0. The summed E-state index contributed by atoms with van der Waals surface area (Å²) in [7, 11) is 0. The first-order valence-electron chi connectivity index (χ1n) is 13.0. The Bertz CT molecular complexity index is 711. The molecule has 3 fully saturated rings. The van der Waals surface area contributed by atoms with Crippen molar-refractivity contribution in [1.82, 2.24) is 15.2 Å². The summed E-state index contributed by atoms with van der Waals surface area (Å²) in [5, 5.41) is 2.81. The van der Waals surface area contributed by atoms with Crippen molar-refractivity contribution in [3.05, 3.63) is 23.9 Å². The lowest BCUT2D eigenvalue weighted by atomic mass is 9.78. The number of nitrogens with two attached hydrogens (primary N) is 2. The van der Waals surface area contributed by atoms with Crippen LogP contribution in [0.4, 0.5) is 5.82 Å². The average molecular weight is 458 g/mol. The van der Waals surface area contributed by atoms with Gasteiger partial charge in [0.05, 0.1) is 6.54 Å². The average Bonchev–Trinajstić information content (AvgIpc) is 3.35. The Hall–Kier alpha value is -2.15. The maximum absolute atomic E-state index is 12.1. The largest absolute Gasteiger partial charge is 0.384 e. The SMILES string of the molecule is C1CCC(CC2CCCCC2)CC1.NCC(=O)N1CCC[C@H]1C(=O)NCc1ccc(N)nc1. The minimum atomic E-state index is -0.409. The quantitative estimate of drug-likeness (QED) is 0.602. The first-order chi connectivity index (χ1) is 16.1. The first kappa shape index (κ1) is 25.5. The molecule has 3 aliphatic rings. The number of carbonyl (C=O) groups is 2. The van der Waals surface area contributed by atoms with Gasteiger partial charge in [0.25, 0.3) is 0 Å². The predicted molar refractivity (Wildman–Crippen MR) is 132 cm³/mol. The lowest BCUT2D eigenvalue weighted by molar-refractivity contribution is -0.137. The molecule has 1 atom stereocenters. The molecular weight excluding hydrogens is 414 g/mol. The molecule has 1 saturated heterocycles. The molecule has 0 aromatic carbocycles. The number of likely N-dealkylation sites (tertiary alicyclic amines) is 1. The van der Waals surface area contributed by atoms with Gasteiger partial charge in [0.15, 0.2) is 0 Å². The molecule has 0 spiro atoms. The topological polar surface area (TPSA) is 114 Å². The Balaban J connectivity index is 0.000000203. The van der Waals surface area contributed by atoms with Gasteiger partial charge < -0.3 is 21.7 Å². The molecule has 2 heterocycles. The molecule has 7 heteroatoms. The van der Waals surface area contributed by atoms with E-state index in [2.05, 4.69) is 10.3 Å². The summed E-state index contributed by atoms with van der Waals surface area (Å²) in [6.45, 7) is 0.899. The predicted octanol–water partition coefficient (Wildman–Crippen LogP) is 3.77. The number of nitrogens with one attached hydrogen (secondary N) is 1. The highest BCUT2D eigenvalue weighted by atomic mass is 16.2. The summed E-state index contributed by atoms with van der Waals surface area (Å²) in [5.74, 6) is 2.35. The summed E-state index contributed by atoms with van der Waals surface area (Å²) >= 11 is 0. The number of nitrogen functional groups attached to an aromatic ring is 1. The molecule has 7 nitrogen and oxygen atoms in total. The molecule has 5 N–H and O–H groups in total. The van der Waals surface area contributed by atoms with E-state index < -0.39 is 6.04 Å². The third-order valence-corrected chi connectivity index (χ3v) is 7.48. The van der Waals surface area contributed by atoms with E-state index in [1.54, 1.807) is 55.3 Å². The van der Waals surface area contributed by atoms with Crippen molar-refractivity contribution in [3.63, 3.8) is 0 Å². The number of hydrogen-bond donors (Lipinski definition) is 3. The highest BCUT2D eigenvalue weighted by Crippen LogP contribution is 2.34. The lowest BCUT2D eigenvalue weighted by Gasteiger charge is -2.28. The van der Waals surface area contributed by atoms with E-state index in [1.165, 1.54) is 38.5 Å². The number of hydrogen-bond acceptors (Lipinski definition) is 5. The smallest absolute Gasteiger partial charge is 0.243 e. The van der Waals surface area contributed by atoms with Gasteiger partial charge in [0, 0.05) is 19.3 Å². The van der Waals surface area contributed by atoms with E-state index in [-0.39, 0.29) is 18.4 Å². The van der Waals surface area contributed by atoms with Crippen molar-refractivity contribution in [2.75, 3.05) is 18.8 Å². The van der Waals surface area contributed by atoms with Gasteiger partial charge in [0.1, 0.15) is 11.9 Å². The second-order valence-corrected chi connectivity index (χ2v) is 10.0. The van der Waals surface area contributed by atoms with Crippen molar-refractivity contribution in [2.24, 2.45) is 17.6 Å². The fraction of sp³-hybridized carbons (Fsp3) is 0.731. The van der Waals surface area contributed by atoms with E-state index in [1.807, 2.05) is 0 Å². The Morgan fingerprint density at radius 1 is 0.939 bits per heavy atom. The van der Waals surface area contributed by atoms with E-state index >= 15 is 0 Å². The molecule has 1 aromatic heterocycles. The van der Waals surface area contributed by atoms with Crippen LogP contribution in [0, 0.1) is 11.8 Å². The van der Waals surface area contributed by atoms with Crippen LogP contribution in [0.5, 0.6) is 0 Å². The van der Waals surface area contributed by atoms with Crippen LogP contribution in [0.3, 0.4) is 0 Å². The molecule has 0 unspecified atom stereocenters. The third kappa shape index (κ3) is 8.29. The van der Waals surface area contributed by atoms with Crippen molar-refractivity contribution in [3.8, 4) is 0 Å². The van der Waals surface area contributed by atoms with Crippen molar-refractivity contribution in [1.29, 1.82) is 0 Å². The summed E-state index contributed by atoms with van der Waals surface area (Å²) in [6, 6.07) is 3.08. The fourth-order valence-electron chi connectivity index (χ4n) is 5.62. The van der Waals surface area contributed by atoms with E-state index in [4.69, 9.17) is 11.5 Å². The summed E-state index contributed by atoms with van der Waals surface area (Å²) in [5.41, 5.74) is 11.7. The van der Waals surface area contributed by atoms with Gasteiger partial charge in [0.2, 0.25) is 11.8 Å². The van der Waals surface area contributed by atoms with Crippen molar-refractivity contribution >= 4 is 17.6 Å². The van der Waals surface area contributed by atoms with E-state index in [9.17, 15) is 9.59 Å². The van der Waals surface area contributed by atoms with Crippen LogP contribution in [0.25, 0.3) is 0 Å². The number of nitrogens with zero attached hydrogens (tertiary/aromatic N) is 2. The van der Waals surface area contributed by atoms with Gasteiger partial charge in [-0.3, -0.25) is 9.59 Å². The molecule has 2 aliphatic carbocycles. The highest BCUT2D eigenvalue weighted by Gasteiger charge is 2.33. The Morgan fingerprint density at radius 3 is 2.12 bits per heavy atom. The van der Waals surface area contributed by atoms with Gasteiger partial charge >= 0.3 is 0 Å². The van der Waals surface area contributed by atoms with Crippen LogP contribution < -0.4 is 16.8 Å². The molecule has 1 aliphatic heterocycles. The zero-order valence-corrected chi connectivity index (χ0v) is 20.1. The van der Waals surface area contributed by atoms with Gasteiger partial charge in [-0.25, -0.2) is 4.98 Å². The molecule has 1 aromatic rings. The minimum absolute atomic E-state index is 0.0638. The number of rotatable bonds is 6. The van der Waals surface area contributed by atoms with Crippen LogP contribution in [-0.2, 0) is 16.1 Å². The maximum atomic E-state index is 12.1. The standard InChI is InChI=1S/C13H19N5O2.C13H24/c14-6-12(19)18-5-1-2-10(18)13(20)17-8-9-3-4-11(15)16-7-9;1-3-7-12(8-4-1)11-13-9-5-2-6-10-13/h3-4,7,10H,1-2,5-6,8,14H2,(H2,15,16)(H,17,20);12-13H,1-11H2/t10-;/m0./s1. The highest BCUT2D eigenvalue weighted by molar-refractivity contribution is 5.88. The number of pyridine rings is 1. The van der Waals surface area contributed by atoms with Crippen LogP contribution in [0.1, 0.15) is 89.0 Å². The zero-order valence-electron chi connectivity index (χ0n) is 20.1. The maximum Gasteiger partial charge on any atom is 0.243 e. The molecule has 2 saturated carbocycles. The molecule has 2 amide bonds. The fourth-order valence-corrected chi connectivity index (χ4v) is 5.62. The Labute approximate surface area is 199 Å². The molecule has 0 radical (unpaired) electrons. The molecule has 33 heavy (non-hydrogen) atoms. The van der Waals surface area contributed by atoms with Crippen LogP contribution in [0.15, 0.2) is 18.3 Å². The van der Waals surface area contributed by atoms with Crippen molar-refractivity contribution in [2.45, 2.75) is 96.1 Å². The minimum Gasteiger partial charge on any atom is -0.384 e. The monoisotopic (exact) mass is 457 g/mol. The molecule has 0 bridgehead atoms. The van der Waals surface area contributed by atoms with Crippen LogP contribution in [0.2, 0.25) is 0 Å². The number of amides is 2. The zero-order chi connectivity index (χ0) is 23.5. The lowest BCUT2D eigenvalue weighted by Crippen LogP contribution is -2.47. The van der Waals surface area contributed by atoms with Crippen LogP contribution in [-0.4, -0.2) is 40.8 Å². The van der Waals surface area contributed by atoms with Gasteiger partial charge in [-0.15, -0.1) is 0 Å². The normalized spacial score (nSPS) is 21.8. The molecule has 184 valence electrons. The number of aromatic nitrogens is 1. The van der Waals surface area contributed by atoms with E-state index in [0.29, 0.717) is 25.3 Å². The number of anilines is 1. The summed E-state index contributed by atoms with van der Waals surface area (Å²) in [4.78, 5) is 29.3. The third-order valence-electron chi connectivity index (χ3n) is 7.48. The van der Waals surface area contributed by atoms with Crippen molar-refractivity contribution < 1.29 is 9.59 Å². The number of carbonyl (C=O) groups excluding carboxylic acids is 2. The second kappa shape index (κ2) is 13.5.